The molecule has 0 heterocycles. The third-order valence-electron chi connectivity index (χ3n) is 2.52. The van der Waals surface area contributed by atoms with Gasteiger partial charge in [0.1, 0.15) is 0 Å². The lowest BCUT2D eigenvalue weighted by atomic mass is 10.2. The van der Waals surface area contributed by atoms with E-state index in [4.69, 9.17) is 4.74 Å². The molecule has 1 rings (SSSR count). The lowest BCUT2D eigenvalue weighted by molar-refractivity contribution is 0.243. The Bertz CT molecular complexity index is 277. The normalized spacial score (nSPS) is 10.8. The summed E-state index contributed by atoms with van der Waals surface area (Å²) in [6.45, 7) is 3.08. The molecular weight excluding hydrogens is 196 g/mol. The van der Waals surface area contributed by atoms with Crippen molar-refractivity contribution in [2.24, 2.45) is 0 Å². The Morgan fingerprint density at radius 2 is 1.75 bits per heavy atom. The minimum Gasteiger partial charge on any atom is -0.501 e. The largest absolute Gasteiger partial charge is 0.501 e. The van der Waals surface area contributed by atoms with Crippen LogP contribution in [0.3, 0.4) is 0 Å². The Morgan fingerprint density at radius 3 is 2.50 bits per heavy atom. The molecule has 0 aliphatic heterocycles. The summed E-state index contributed by atoms with van der Waals surface area (Å²) in [5.74, 6) is 0. The monoisotopic (exact) mass is 218 g/mol. The molecule has 0 aromatic heterocycles. The topological polar surface area (TPSA) is 9.23 Å². The molecule has 0 bridgehead atoms. The van der Waals surface area contributed by atoms with Gasteiger partial charge in [0, 0.05) is 0 Å². The highest BCUT2D eigenvalue weighted by molar-refractivity contribution is 5.47. The molecule has 1 nitrogen and oxygen atoms in total. The van der Waals surface area contributed by atoms with Crippen LogP contribution in [0.15, 0.2) is 36.6 Å². The van der Waals surface area contributed by atoms with Crippen molar-refractivity contribution in [2.75, 3.05) is 6.61 Å². The molecule has 1 aromatic carbocycles. The summed E-state index contributed by atoms with van der Waals surface area (Å²) in [5, 5.41) is 0. The Hall–Kier alpha value is -1.24. The average molecular weight is 218 g/mol. The van der Waals surface area contributed by atoms with E-state index in [1.807, 2.05) is 24.3 Å². The van der Waals surface area contributed by atoms with Crippen LogP contribution in [-0.4, -0.2) is 6.61 Å². The first-order chi connectivity index (χ1) is 7.93. The predicted molar refractivity (Wildman–Crippen MR) is 70.2 cm³/mol. The fraction of sp³-hybridized carbons (Fsp3) is 0.467. The lowest BCUT2D eigenvalue weighted by Crippen LogP contribution is -1.87. The standard InChI is InChI=1S/C15H22O/c1-2-3-4-5-9-13-16-14-12-15-10-7-6-8-11-15/h6-8,10-12,14H,2-5,9,13H2,1H3/b14-12+. The molecule has 0 amide bonds. The Morgan fingerprint density at radius 1 is 1.00 bits per heavy atom. The third kappa shape index (κ3) is 6.28. The number of unbranched alkanes of at least 4 members (excludes halogenated alkanes) is 4. The second kappa shape index (κ2) is 9.02. The minimum absolute atomic E-state index is 0.840. The van der Waals surface area contributed by atoms with Crippen molar-refractivity contribution in [1.82, 2.24) is 0 Å². The smallest absolute Gasteiger partial charge is 0.0873 e. The van der Waals surface area contributed by atoms with E-state index in [0.29, 0.717) is 0 Å². The van der Waals surface area contributed by atoms with E-state index in [1.165, 1.54) is 37.7 Å². The number of benzene rings is 1. The Labute approximate surface area is 99.1 Å². The van der Waals surface area contributed by atoms with Crippen LogP contribution in [0, 0.1) is 0 Å². The predicted octanol–water partition coefficient (Wildman–Crippen LogP) is 4.64. The molecule has 1 heteroatoms. The van der Waals surface area contributed by atoms with E-state index in [-0.39, 0.29) is 0 Å². The molecule has 0 unspecified atom stereocenters. The van der Waals surface area contributed by atoms with Gasteiger partial charge in [-0.1, -0.05) is 62.9 Å². The van der Waals surface area contributed by atoms with Gasteiger partial charge in [-0.25, -0.2) is 0 Å². The van der Waals surface area contributed by atoms with Crippen LogP contribution < -0.4 is 0 Å². The summed E-state index contributed by atoms with van der Waals surface area (Å²) in [4.78, 5) is 0. The maximum atomic E-state index is 5.44. The van der Waals surface area contributed by atoms with E-state index in [9.17, 15) is 0 Å². The molecular formula is C15H22O. The summed E-state index contributed by atoms with van der Waals surface area (Å²) >= 11 is 0. The summed E-state index contributed by atoms with van der Waals surface area (Å²) < 4.78 is 5.44. The van der Waals surface area contributed by atoms with Gasteiger partial charge in [-0.2, -0.15) is 0 Å². The van der Waals surface area contributed by atoms with Crippen LogP contribution >= 0.6 is 0 Å². The molecule has 0 spiro atoms. The van der Waals surface area contributed by atoms with E-state index < -0.39 is 0 Å². The van der Waals surface area contributed by atoms with Crippen molar-refractivity contribution < 1.29 is 4.74 Å². The van der Waals surface area contributed by atoms with Gasteiger partial charge in [0.15, 0.2) is 0 Å². The van der Waals surface area contributed by atoms with Crippen molar-refractivity contribution in [1.29, 1.82) is 0 Å². The summed E-state index contributed by atoms with van der Waals surface area (Å²) in [6, 6.07) is 10.2. The fourth-order valence-electron chi connectivity index (χ4n) is 1.55. The number of rotatable bonds is 8. The number of hydrogen-bond acceptors (Lipinski definition) is 1. The summed E-state index contributed by atoms with van der Waals surface area (Å²) in [7, 11) is 0. The van der Waals surface area contributed by atoms with Crippen LogP contribution in [0.5, 0.6) is 0 Å². The maximum absolute atomic E-state index is 5.44. The van der Waals surface area contributed by atoms with Gasteiger partial charge >= 0.3 is 0 Å². The van der Waals surface area contributed by atoms with Crippen molar-refractivity contribution in [3.63, 3.8) is 0 Å². The molecule has 0 saturated heterocycles. The van der Waals surface area contributed by atoms with Crippen LogP contribution in [0.2, 0.25) is 0 Å². The van der Waals surface area contributed by atoms with Gasteiger partial charge in [-0.05, 0) is 18.1 Å². The van der Waals surface area contributed by atoms with Crippen LogP contribution in [-0.2, 0) is 4.74 Å². The molecule has 0 aliphatic rings. The molecule has 1 aromatic rings. The summed E-state index contributed by atoms with van der Waals surface area (Å²) in [6.07, 6.45) is 10.2. The second-order valence-electron chi connectivity index (χ2n) is 4.00. The third-order valence-corrected chi connectivity index (χ3v) is 2.52. The van der Waals surface area contributed by atoms with Crippen molar-refractivity contribution >= 4 is 6.08 Å². The van der Waals surface area contributed by atoms with Crippen LogP contribution in [0.4, 0.5) is 0 Å². The summed E-state index contributed by atoms with van der Waals surface area (Å²) in [5.41, 5.74) is 1.19. The SMILES string of the molecule is CCCCCCCO/C=C/c1ccccc1. The van der Waals surface area contributed by atoms with E-state index in [1.54, 1.807) is 6.26 Å². The van der Waals surface area contributed by atoms with Crippen molar-refractivity contribution in [2.45, 2.75) is 39.0 Å². The molecule has 0 aliphatic carbocycles. The van der Waals surface area contributed by atoms with Gasteiger partial charge in [0.2, 0.25) is 0 Å². The number of hydrogen-bond donors (Lipinski definition) is 0. The zero-order valence-electron chi connectivity index (χ0n) is 10.2. The first-order valence-electron chi connectivity index (χ1n) is 6.26. The molecule has 0 N–H and O–H groups in total. The highest BCUT2D eigenvalue weighted by Crippen LogP contribution is 2.04. The molecule has 0 atom stereocenters. The molecule has 0 saturated carbocycles. The maximum Gasteiger partial charge on any atom is 0.0873 e. The highest BCUT2D eigenvalue weighted by Gasteiger charge is 1.88. The average Bonchev–Trinajstić information content (AvgIpc) is 2.34. The molecule has 16 heavy (non-hydrogen) atoms. The van der Waals surface area contributed by atoms with Gasteiger partial charge in [-0.15, -0.1) is 0 Å². The van der Waals surface area contributed by atoms with Crippen molar-refractivity contribution in [3.8, 4) is 0 Å². The zero-order chi connectivity index (χ0) is 11.5. The zero-order valence-corrected chi connectivity index (χ0v) is 10.2. The van der Waals surface area contributed by atoms with Gasteiger partial charge in [-0.3, -0.25) is 0 Å². The fourth-order valence-corrected chi connectivity index (χ4v) is 1.55. The van der Waals surface area contributed by atoms with E-state index >= 15 is 0 Å². The Kier molecular flexibility index (Phi) is 7.23. The molecule has 0 radical (unpaired) electrons. The van der Waals surface area contributed by atoms with Crippen molar-refractivity contribution in [3.05, 3.63) is 42.2 Å². The van der Waals surface area contributed by atoms with Gasteiger partial charge in [0.05, 0.1) is 12.9 Å². The van der Waals surface area contributed by atoms with Crippen LogP contribution in [0.25, 0.3) is 6.08 Å². The van der Waals surface area contributed by atoms with Crippen LogP contribution in [0.1, 0.15) is 44.6 Å². The molecule has 88 valence electrons. The minimum atomic E-state index is 0.840. The van der Waals surface area contributed by atoms with E-state index in [2.05, 4.69) is 19.1 Å². The van der Waals surface area contributed by atoms with Gasteiger partial charge in [0.25, 0.3) is 0 Å². The number of ether oxygens (including phenoxy) is 1. The highest BCUT2D eigenvalue weighted by atomic mass is 16.5. The molecule has 0 fully saturated rings. The van der Waals surface area contributed by atoms with Gasteiger partial charge < -0.3 is 4.74 Å². The lowest BCUT2D eigenvalue weighted by Gasteiger charge is -2.00. The Balaban J connectivity index is 2.01. The first-order valence-corrected chi connectivity index (χ1v) is 6.26. The van der Waals surface area contributed by atoms with E-state index in [0.717, 1.165) is 6.61 Å². The quantitative estimate of drug-likeness (QED) is 0.456. The second-order valence-corrected chi connectivity index (χ2v) is 4.00. The first kappa shape index (κ1) is 12.8.